The molecule has 1 amide bonds. The van der Waals surface area contributed by atoms with Gasteiger partial charge < -0.3 is 14.8 Å². The summed E-state index contributed by atoms with van der Waals surface area (Å²) in [5.41, 5.74) is 0. The number of nitrogens with one attached hydrogen (secondary N) is 1. The number of carbonyl (C=O) groups excluding carboxylic acids is 1. The molecule has 0 radical (unpaired) electrons. The molecule has 20 heavy (non-hydrogen) atoms. The van der Waals surface area contributed by atoms with Crippen molar-refractivity contribution >= 4 is 21.7 Å². The van der Waals surface area contributed by atoms with Crippen molar-refractivity contribution in [2.45, 2.75) is 37.3 Å². The molecule has 7 nitrogen and oxygen atoms in total. The Morgan fingerprint density at radius 1 is 1.45 bits per heavy atom. The smallest absolute Gasteiger partial charge is 0.321 e. The summed E-state index contributed by atoms with van der Waals surface area (Å²) >= 11 is 0. The van der Waals surface area contributed by atoms with Gasteiger partial charge in [0, 0.05) is 0 Å². The average molecular weight is 303 g/mol. The molecule has 2 N–H and O–H groups in total. The van der Waals surface area contributed by atoms with Crippen LogP contribution in [0, 0.1) is 0 Å². The van der Waals surface area contributed by atoms with Gasteiger partial charge in [-0.15, -0.1) is 0 Å². The van der Waals surface area contributed by atoms with E-state index < -0.39 is 32.2 Å². The summed E-state index contributed by atoms with van der Waals surface area (Å²) in [5, 5.41) is 8.29. The summed E-state index contributed by atoms with van der Waals surface area (Å²) in [7, 11) is -4.08. The minimum atomic E-state index is -4.08. The molecule has 8 heteroatoms. The second kappa shape index (κ2) is 6.56. The lowest BCUT2D eigenvalue weighted by atomic mass is 10.3. The Hall–Kier alpha value is -1.83. The third kappa shape index (κ3) is 3.60. The van der Waals surface area contributed by atoms with Crippen LogP contribution in [0.2, 0.25) is 0 Å². The fourth-order valence-corrected chi connectivity index (χ4v) is 3.29. The number of sulfone groups is 1. The van der Waals surface area contributed by atoms with Crippen LogP contribution < -0.4 is 5.32 Å². The zero-order valence-corrected chi connectivity index (χ0v) is 12.0. The second-order valence-electron chi connectivity index (χ2n) is 4.26. The van der Waals surface area contributed by atoms with Gasteiger partial charge in [-0.1, -0.05) is 6.92 Å². The minimum Gasteiger partial charge on any atom is -0.480 e. The molecule has 0 saturated heterocycles. The maximum absolute atomic E-state index is 12.0. The van der Waals surface area contributed by atoms with Crippen LogP contribution >= 0.6 is 0 Å². The highest BCUT2D eigenvalue weighted by molar-refractivity contribution is 7.94. The van der Waals surface area contributed by atoms with Gasteiger partial charge in [-0.2, -0.15) is 0 Å². The van der Waals surface area contributed by atoms with Crippen molar-refractivity contribution in [2.24, 2.45) is 0 Å². The van der Waals surface area contributed by atoms with Gasteiger partial charge in [-0.25, -0.2) is 8.42 Å². The quantitative estimate of drug-likeness (QED) is 0.761. The summed E-state index contributed by atoms with van der Waals surface area (Å²) in [6.45, 7) is 2.68. The van der Waals surface area contributed by atoms with Gasteiger partial charge in [-0.3, -0.25) is 9.59 Å². The number of carbonyl (C=O) groups is 2. The molecule has 1 heterocycles. The Morgan fingerprint density at radius 3 is 2.55 bits per heavy atom. The molecule has 0 spiro atoms. The van der Waals surface area contributed by atoms with E-state index in [1.807, 2.05) is 0 Å². The summed E-state index contributed by atoms with van der Waals surface area (Å²) in [6.07, 6.45) is 1.34. The molecule has 0 aromatic carbocycles. The Bertz CT molecular complexity index is 563. The maximum Gasteiger partial charge on any atom is 0.321 e. The Labute approximate surface area is 116 Å². The molecule has 1 aromatic heterocycles. The van der Waals surface area contributed by atoms with Crippen molar-refractivity contribution in [1.29, 1.82) is 0 Å². The first-order chi connectivity index (χ1) is 9.30. The van der Waals surface area contributed by atoms with E-state index in [-0.39, 0.29) is 13.0 Å². The van der Waals surface area contributed by atoms with Crippen LogP contribution in [0.15, 0.2) is 22.8 Å². The summed E-state index contributed by atoms with van der Waals surface area (Å²) in [4.78, 5) is 22.7. The summed E-state index contributed by atoms with van der Waals surface area (Å²) in [6, 6.07) is 3.27. The molecule has 0 aliphatic carbocycles. The van der Waals surface area contributed by atoms with E-state index in [2.05, 4.69) is 5.32 Å². The predicted molar refractivity (Wildman–Crippen MR) is 70.7 cm³/mol. The van der Waals surface area contributed by atoms with Crippen molar-refractivity contribution in [3.8, 4) is 0 Å². The Kier molecular flexibility index (Phi) is 5.32. The molecule has 0 fully saturated rings. The van der Waals surface area contributed by atoms with Gasteiger partial charge in [0.2, 0.25) is 5.91 Å². The lowest BCUT2D eigenvalue weighted by molar-refractivity contribution is -0.136. The molecular formula is C12H17NO6S. The first kappa shape index (κ1) is 16.2. The molecule has 2 unspecified atom stereocenters. The monoisotopic (exact) mass is 303 g/mol. The molecule has 0 aliphatic rings. The van der Waals surface area contributed by atoms with Gasteiger partial charge in [0.15, 0.2) is 15.1 Å². The fourth-order valence-electron chi connectivity index (χ4n) is 1.67. The number of hydrogen-bond donors (Lipinski definition) is 2. The number of carboxylic acids is 1. The van der Waals surface area contributed by atoms with E-state index in [1.54, 1.807) is 12.1 Å². The zero-order chi connectivity index (χ0) is 15.3. The predicted octanol–water partition coefficient (Wildman–Crippen LogP) is 0.562. The van der Waals surface area contributed by atoms with E-state index in [0.717, 1.165) is 0 Å². The van der Waals surface area contributed by atoms with Crippen molar-refractivity contribution in [3.63, 3.8) is 0 Å². The molecule has 0 bridgehead atoms. The van der Waals surface area contributed by atoms with E-state index >= 15 is 0 Å². The van der Waals surface area contributed by atoms with Crippen LogP contribution in [0.4, 0.5) is 0 Å². The van der Waals surface area contributed by atoms with Crippen molar-refractivity contribution < 1.29 is 27.5 Å². The van der Waals surface area contributed by atoms with Crippen LogP contribution in [-0.4, -0.2) is 35.9 Å². The van der Waals surface area contributed by atoms with E-state index in [0.29, 0.717) is 5.76 Å². The van der Waals surface area contributed by atoms with Crippen LogP contribution in [0.5, 0.6) is 0 Å². The summed E-state index contributed by atoms with van der Waals surface area (Å²) in [5.74, 6) is -1.72. The van der Waals surface area contributed by atoms with E-state index in [1.165, 1.54) is 20.1 Å². The van der Waals surface area contributed by atoms with Crippen molar-refractivity contribution in [1.82, 2.24) is 5.32 Å². The second-order valence-corrected chi connectivity index (χ2v) is 6.72. The van der Waals surface area contributed by atoms with Gasteiger partial charge in [0.25, 0.3) is 0 Å². The van der Waals surface area contributed by atoms with E-state index in [9.17, 15) is 18.0 Å². The van der Waals surface area contributed by atoms with Gasteiger partial charge in [0.1, 0.15) is 11.0 Å². The highest BCUT2D eigenvalue weighted by Crippen LogP contribution is 2.14. The topological polar surface area (TPSA) is 114 Å². The van der Waals surface area contributed by atoms with Gasteiger partial charge in [-0.05, 0) is 25.5 Å². The highest BCUT2D eigenvalue weighted by Gasteiger charge is 2.38. The first-order valence-electron chi connectivity index (χ1n) is 6.06. The number of aliphatic carboxylic acids is 1. The van der Waals surface area contributed by atoms with Crippen LogP contribution in [0.25, 0.3) is 0 Å². The number of carboxylic acid groups (broad SMARTS) is 1. The van der Waals surface area contributed by atoms with Gasteiger partial charge >= 0.3 is 5.97 Å². The van der Waals surface area contributed by atoms with Crippen molar-refractivity contribution in [2.75, 3.05) is 0 Å². The van der Waals surface area contributed by atoms with Crippen LogP contribution in [-0.2, 0) is 26.0 Å². The third-order valence-corrected chi connectivity index (χ3v) is 5.45. The number of rotatable bonds is 7. The normalized spacial score (nSPS) is 14.5. The van der Waals surface area contributed by atoms with E-state index in [4.69, 9.17) is 9.52 Å². The molecule has 112 valence electrons. The number of furan rings is 1. The molecule has 0 aliphatic heterocycles. The average Bonchev–Trinajstić information content (AvgIpc) is 2.88. The Morgan fingerprint density at radius 2 is 2.10 bits per heavy atom. The van der Waals surface area contributed by atoms with Crippen molar-refractivity contribution in [3.05, 3.63) is 24.2 Å². The standard InChI is InChI=1S/C12H17NO6S/c1-3-10(12(15)16)20(17,18)8(2)11(14)13-7-9-5-4-6-19-9/h4-6,8,10H,3,7H2,1-2H3,(H,13,14)(H,15,16). The third-order valence-electron chi connectivity index (χ3n) is 2.92. The highest BCUT2D eigenvalue weighted by atomic mass is 32.2. The molecule has 1 rings (SSSR count). The number of amides is 1. The fraction of sp³-hybridized carbons (Fsp3) is 0.500. The largest absolute Gasteiger partial charge is 0.480 e. The molecule has 0 saturated carbocycles. The van der Waals surface area contributed by atoms with Crippen LogP contribution in [0.1, 0.15) is 26.0 Å². The van der Waals surface area contributed by atoms with Gasteiger partial charge in [0.05, 0.1) is 12.8 Å². The minimum absolute atomic E-state index is 0.0511. The zero-order valence-electron chi connectivity index (χ0n) is 11.2. The molecular weight excluding hydrogens is 286 g/mol. The number of hydrogen-bond acceptors (Lipinski definition) is 5. The Balaban J connectivity index is 2.74. The van der Waals surface area contributed by atoms with Crippen LogP contribution in [0.3, 0.4) is 0 Å². The lowest BCUT2D eigenvalue weighted by Gasteiger charge is -2.17. The molecule has 1 aromatic rings. The SMILES string of the molecule is CCC(C(=O)O)S(=O)(=O)C(C)C(=O)NCc1ccco1. The molecule has 2 atom stereocenters. The lowest BCUT2D eigenvalue weighted by Crippen LogP contribution is -2.44. The summed E-state index contributed by atoms with van der Waals surface area (Å²) < 4.78 is 29.1. The maximum atomic E-state index is 12.0. The first-order valence-corrected chi connectivity index (χ1v) is 7.67.